The second kappa shape index (κ2) is 7.05. The maximum atomic E-state index is 14.1. The van der Waals surface area contributed by atoms with Crippen molar-refractivity contribution in [3.8, 4) is 0 Å². The van der Waals surface area contributed by atoms with Gasteiger partial charge in [0.05, 0.1) is 4.90 Å². The van der Waals surface area contributed by atoms with E-state index < -0.39 is 11.6 Å². The molecule has 2 aromatic rings. The lowest BCUT2D eigenvalue weighted by atomic mass is 10.1. The zero-order valence-electron chi connectivity index (χ0n) is 12.2. The minimum atomic E-state index is -0.510. The lowest BCUT2D eigenvalue weighted by Gasteiger charge is -2.10. The van der Waals surface area contributed by atoms with E-state index in [1.807, 2.05) is 38.1 Å². The molecule has 21 heavy (non-hydrogen) atoms. The monoisotopic (exact) mass is 307 g/mol. The van der Waals surface area contributed by atoms with Crippen molar-refractivity contribution in [1.82, 2.24) is 0 Å². The second-order valence-corrected chi connectivity index (χ2v) is 6.27. The van der Waals surface area contributed by atoms with E-state index in [9.17, 15) is 8.78 Å². The number of halogens is 2. The summed E-state index contributed by atoms with van der Waals surface area (Å²) in [4.78, 5) is 0.0756. The van der Waals surface area contributed by atoms with Crippen LogP contribution in [0.5, 0.6) is 0 Å². The highest BCUT2D eigenvalue weighted by Gasteiger charge is 2.13. The molecule has 0 amide bonds. The summed E-state index contributed by atoms with van der Waals surface area (Å²) in [5, 5.41) is 0. The molecule has 2 aromatic carbocycles. The molecular formula is C17H19F2NS. The Hall–Kier alpha value is -1.39. The summed E-state index contributed by atoms with van der Waals surface area (Å²) in [5.74, 6) is -0.471. The number of thioether (sulfide) groups is 1. The summed E-state index contributed by atoms with van der Waals surface area (Å²) >= 11 is 1.19. The van der Waals surface area contributed by atoms with E-state index in [2.05, 4.69) is 0 Å². The van der Waals surface area contributed by atoms with Crippen LogP contribution < -0.4 is 5.73 Å². The smallest absolute Gasteiger partial charge is 0.140 e. The van der Waals surface area contributed by atoms with E-state index >= 15 is 0 Å². The van der Waals surface area contributed by atoms with E-state index in [4.69, 9.17) is 5.73 Å². The maximum absolute atomic E-state index is 14.1. The van der Waals surface area contributed by atoms with Gasteiger partial charge in [-0.05, 0) is 49.1 Å². The average Bonchev–Trinajstić information content (AvgIpc) is 2.39. The van der Waals surface area contributed by atoms with Gasteiger partial charge in [-0.25, -0.2) is 8.78 Å². The molecule has 0 fully saturated rings. The van der Waals surface area contributed by atoms with E-state index in [-0.39, 0.29) is 10.9 Å². The highest BCUT2D eigenvalue weighted by atomic mass is 32.2. The Bertz CT molecular complexity index is 603. The SMILES string of the molecule is Cc1ccccc1CSc1c(F)cc(CC(C)N)cc1F. The van der Waals surface area contributed by atoms with Gasteiger partial charge in [0.15, 0.2) is 0 Å². The Kier molecular flexibility index (Phi) is 5.37. The van der Waals surface area contributed by atoms with Crippen LogP contribution in [0.3, 0.4) is 0 Å². The Morgan fingerprint density at radius 1 is 1.14 bits per heavy atom. The van der Waals surface area contributed by atoms with Gasteiger partial charge in [-0.1, -0.05) is 24.3 Å². The Labute approximate surface area is 128 Å². The van der Waals surface area contributed by atoms with Gasteiger partial charge in [0, 0.05) is 11.8 Å². The topological polar surface area (TPSA) is 26.0 Å². The average molecular weight is 307 g/mol. The predicted octanol–water partition coefficient (Wildman–Crippen LogP) is 4.46. The number of rotatable bonds is 5. The summed E-state index contributed by atoms with van der Waals surface area (Å²) in [6, 6.07) is 10.5. The van der Waals surface area contributed by atoms with Crippen LogP contribution >= 0.6 is 11.8 Å². The Morgan fingerprint density at radius 3 is 2.33 bits per heavy atom. The molecule has 4 heteroatoms. The molecule has 0 saturated heterocycles. The van der Waals surface area contributed by atoms with Crippen molar-refractivity contribution >= 4 is 11.8 Å². The van der Waals surface area contributed by atoms with Gasteiger partial charge in [-0.15, -0.1) is 11.8 Å². The molecule has 0 radical (unpaired) electrons. The molecule has 1 nitrogen and oxygen atoms in total. The van der Waals surface area contributed by atoms with Gasteiger partial charge >= 0.3 is 0 Å². The molecule has 0 heterocycles. The van der Waals surface area contributed by atoms with Gasteiger partial charge in [-0.3, -0.25) is 0 Å². The van der Waals surface area contributed by atoms with E-state index in [1.165, 1.54) is 23.9 Å². The molecule has 0 aliphatic rings. The minimum Gasteiger partial charge on any atom is -0.328 e. The van der Waals surface area contributed by atoms with Gasteiger partial charge in [0.1, 0.15) is 11.6 Å². The van der Waals surface area contributed by atoms with Crippen LogP contribution in [-0.2, 0) is 12.2 Å². The molecule has 0 saturated carbocycles. The Balaban J connectivity index is 2.15. The fourth-order valence-electron chi connectivity index (χ4n) is 2.16. The van der Waals surface area contributed by atoms with Crippen LogP contribution in [0.2, 0.25) is 0 Å². The van der Waals surface area contributed by atoms with Crippen LogP contribution in [0.4, 0.5) is 8.78 Å². The number of hydrogen-bond acceptors (Lipinski definition) is 2. The fourth-order valence-corrected chi connectivity index (χ4v) is 3.18. The molecule has 0 spiro atoms. The van der Waals surface area contributed by atoms with Crippen molar-refractivity contribution in [2.24, 2.45) is 5.73 Å². The van der Waals surface area contributed by atoms with Gasteiger partial charge in [0.25, 0.3) is 0 Å². The number of aryl methyl sites for hydroxylation is 1. The minimum absolute atomic E-state index is 0.0756. The molecule has 2 N–H and O–H groups in total. The van der Waals surface area contributed by atoms with Gasteiger partial charge in [-0.2, -0.15) is 0 Å². The largest absolute Gasteiger partial charge is 0.328 e. The molecule has 1 atom stereocenters. The van der Waals surface area contributed by atoms with Crippen LogP contribution in [0.15, 0.2) is 41.3 Å². The molecule has 112 valence electrons. The lowest BCUT2D eigenvalue weighted by Crippen LogP contribution is -2.18. The molecule has 2 rings (SSSR count). The van der Waals surface area contributed by atoms with Crippen molar-refractivity contribution in [3.05, 3.63) is 64.7 Å². The highest BCUT2D eigenvalue weighted by molar-refractivity contribution is 7.98. The number of nitrogens with two attached hydrogens (primary N) is 1. The standard InChI is InChI=1S/C17H19F2NS/c1-11-5-3-4-6-14(11)10-21-17-15(18)8-13(7-12(2)20)9-16(17)19/h3-6,8-9,12H,7,10,20H2,1-2H3. The predicted molar refractivity (Wildman–Crippen MR) is 84.5 cm³/mol. The van der Waals surface area contributed by atoms with Crippen molar-refractivity contribution in [3.63, 3.8) is 0 Å². The summed E-state index contributed by atoms with van der Waals surface area (Å²) in [6.07, 6.45) is 0.469. The van der Waals surface area contributed by atoms with Crippen molar-refractivity contribution in [2.45, 2.75) is 37.0 Å². The molecule has 0 aliphatic carbocycles. The first kappa shape index (κ1) is 16.0. The first-order valence-corrected chi connectivity index (χ1v) is 7.86. The lowest BCUT2D eigenvalue weighted by molar-refractivity contribution is 0.535. The molecule has 0 bridgehead atoms. The van der Waals surface area contributed by atoms with Gasteiger partial charge < -0.3 is 5.73 Å². The van der Waals surface area contributed by atoms with E-state index in [1.54, 1.807) is 0 Å². The van der Waals surface area contributed by atoms with Crippen LogP contribution in [0, 0.1) is 18.6 Å². The van der Waals surface area contributed by atoms with Crippen molar-refractivity contribution in [1.29, 1.82) is 0 Å². The fraction of sp³-hybridized carbons (Fsp3) is 0.294. The summed E-state index contributed by atoms with van der Waals surface area (Å²) in [5.41, 5.74) is 8.47. The van der Waals surface area contributed by atoms with Gasteiger partial charge in [0.2, 0.25) is 0 Å². The molecule has 0 aliphatic heterocycles. The third kappa shape index (κ3) is 4.29. The Morgan fingerprint density at radius 2 is 1.76 bits per heavy atom. The second-order valence-electron chi connectivity index (χ2n) is 5.29. The summed E-state index contributed by atoms with van der Waals surface area (Å²) in [7, 11) is 0. The zero-order valence-corrected chi connectivity index (χ0v) is 13.0. The maximum Gasteiger partial charge on any atom is 0.140 e. The molecular weight excluding hydrogens is 288 g/mol. The van der Waals surface area contributed by atoms with E-state index in [0.29, 0.717) is 17.7 Å². The first-order chi connectivity index (χ1) is 9.97. The number of benzene rings is 2. The first-order valence-electron chi connectivity index (χ1n) is 6.88. The third-order valence-corrected chi connectivity index (χ3v) is 4.38. The normalized spacial score (nSPS) is 12.4. The highest BCUT2D eigenvalue weighted by Crippen LogP contribution is 2.30. The zero-order chi connectivity index (χ0) is 15.4. The molecule has 0 aromatic heterocycles. The molecule has 1 unspecified atom stereocenters. The third-order valence-electron chi connectivity index (χ3n) is 3.25. The quantitative estimate of drug-likeness (QED) is 0.826. The number of hydrogen-bond donors (Lipinski definition) is 1. The van der Waals surface area contributed by atoms with Crippen LogP contribution in [0.25, 0.3) is 0 Å². The summed E-state index contributed by atoms with van der Waals surface area (Å²) in [6.45, 7) is 3.81. The van der Waals surface area contributed by atoms with E-state index in [0.717, 1.165) is 11.1 Å². The van der Waals surface area contributed by atoms with Crippen molar-refractivity contribution in [2.75, 3.05) is 0 Å². The van der Waals surface area contributed by atoms with Crippen molar-refractivity contribution < 1.29 is 8.78 Å². The van der Waals surface area contributed by atoms with Crippen LogP contribution in [0.1, 0.15) is 23.6 Å². The van der Waals surface area contributed by atoms with Crippen LogP contribution in [-0.4, -0.2) is 6.04 Å². The summed E-state index contributed by atoms with van der Waals surface area (Å²) < 4.78 is 28.1.